The van der Waals surface area contributed by atoms with Gasteiger partial charge >= 0.3 is 0 Å². The fourth-order valence-electron chi connectivity index (χ4n) is 5.76. The van der Waals surface area contributed by atoms with E-state index in [2.05, 4.69) is 6.92 Å². The zero-order valence-corrected chi connectivity index (χ0v) is 22.7. The lowest BCUT2D eigenvalue weighted by Crippen LogP contribution is -2.20. The van der Waals surface area contributed by atoms with Crippen molar-refractivity contribution in [1.29, 1.82) is 0 Å². The van der Waals surface area contributed by atoms with Crippen LogP contribution < -0.4 is 9.47 Å². The van der Waals surface area contributed by atoms with Gasteiger partial charge in [-0.15, -0.1) is 0 Å². The minimum atomic E-state index is -1.41. The molecule has 5 rings (SSSR count). The average Bonchev–Trinajstić information content (AvgIpc) is 3.32. The quantitative estimate of drug-likeness (QED) is 0.143. The molecule has 8 heteroatoms. The molecule has 0 amide bonds. The van der Waals surface area contributed by atoms with Gasteiger partial charge in [-0.05, 0) is 55.4 Å². The van der Waals surface area contributed by atoms with Gasteiger partial charge in [0, 0.05) is 11.6 Å². The second kappa shape index (κ2) is 12.1. The van der Waals surface area contributed by atoms with E-state index in [1.807, 2.05) is 0 Å². The highest BCUT2D eigenvalue weighted by atomic mass is 19.2. The minimum Gasteiger partial charge on any atom is -0.491 e. The number of halogens is 5. The van der Waals surface area contributed by atoms with E-state index in [-0.39, 0.29) is 52.9 Å². The first-order chi connectivity index (χ1) is 19.3. The van der Waals surface area contributed by atoms with Crippen molar-refractivity contribution in [3.8, 4) is 22.6 Å². The molecular weight excluding hydrogens is 527 g/mol. The lowest BCUT2D eigenvalue weighted by Gasteiger charge is -2.28. The van der Waals surface area contributed by atoms with Gasteiger partial charge in [-0.2, -0.15) is 4.39 Å². The lowest BCUT2D eigenvalue weighted by atomic mass is 9.80. The van der Waals surface area contributed by atoms with Crippen molar-refractivity contribution >= 4 is 21.9 Å². The molecule has 40 heavy (non-hydrogen) atoms. The summed E-state index contributed by atoms with van der Waals surface area (Å²) < 4.78 is 91.6. The van der Waals surface area contributed by atoms with Crippen LogP contribution >= 0.6 is 0 Å². The molecule has 214 valence electrons. The summed E-state index contributed by atoms with van der Waals surface area (Å²) in [7, 11) is 0. The molecule has 3 aromatic carbocycles. The van der Waals surface area contributed by atoms with Gasteiger partial charge in [0.1, 0.15) is 11.2 Å². The van der Waals surface area contributed by atoms with Gasteiger partial charge in [0.25, 0.3) is 0 Å². The Labute approximate surface area is 230 Å². The smallest absolute Gasteiger partial charge is 0.201 e. The summed E-state index contributed by atoms with van der Waals surface area (Å²) in [6, 6.07) is 6.04. The molecule has 1 saturated carbocycles. The van der Waals surface area contributed by atoms with Crippen LogP contribution in [0.5, 0.6) is 11.5 Å². The van der Waals surface area contributed by atoms with Gasteiger partial charge in [0.05, 0.1) is 24.0 Å². The number of rotatable bonds is 10. The van der Waals surface area contributed by atoms with Gasteiger partial charge in [0.15, 0.2) is 34.8 Å². The zero-order valence-electron chi connectivity index (χ0n) is 22.7. The Kier molecular flexibility index (Phi) is 8.52. The van der Waals surface area contributed by atoms with E-state index in [1.165, 1.54) is 43.9 Å². The number of unbranched alkanes of at least 4 members (excludes halogenated alkanes) is 2. The van der Waals surface area contributed by atoms with Crippen molar-refractivity contribution in [3.05, 3.63) is 59.4 Å². The molecule has 0 bridgehead atoms. The van der Waals surface area contributed by atoms with Crippen LogP contribution in [-0.4, -0.2) is 13.2 Å². The SMILES string of the molecule is CCCCCC1CCC(COc2cc3oc4cc(-c5ccc(OCC)c(F)c5)c(F)c(F)c4c3c(F)c2F)CC1. The summed E-state index contributed by atoms with van der Waals surface area (Å²) >= 11 is 0. The first kappa shape index (κ1) is 28.2. The zero-order chi connectivity index (χ0) is 28.4. The molecule has 1 aliphatic rings. The van der Waals surface area contributed by atoms with Crippen LogP contribution in [-0.2, 0) is 0 Å². The number of hydrogen-bond acceptors (Lipinski definition) is 3. The van der Waals surface area contributed by atoms with Gasteiger partial charge in [-0.3, -0.25) is 0 Å². The van der Waals surface area contributed by atoms with Crippen LogP contribution in [0.2, 0.25) is 0 Å². The Morgan fingerprint density at radius 2 is 1.40 bits per heavy atom. The van der Waals surface area contributed by atoms with Crippen LogP contribution in [0.1, 0.15) is 65.2 Å². The molecule has 1 fully saturated rings. The van der Waals surface area contributed by atoms with Crippen LogP contribution in [0.15, 0.2) is 34.7 Å². The van der Waals surface area contributed by atoms with E-state index in [1.54, 1.807) is 6.92 Å². The largest absolute Gasteiger partial charge is 0.491 e. The second-order valence-corrected chi connectivity index (χ2v) is 10.7. The molecular formula is C32H33F5O3. The topological polar surface area (TPSA) is 31.6 Å². The Hall–Kier alpha value is -3.29. The molecule has 0 N–H and O–H groups in total. The predicted molar refractivity (Wildman–Crippen MR) is 145 cm³/mol. The summed E-state index contributed by atoms with van der Waals surface area (Å²) in [5, 5.41) is -1.03. The summed E-state index contributed by atoms with van der Waals surface area (Å²) in [5.74, 6) is -5.55. The second-order valence-electron chi connectivity index (χ2n) is 10.7. The van der Waals surface area contributed by atoms with Crippen LogP contribution in [0.25, 0.3) is 33.1 Å². The molecule has 0 unspecified atom stereocenters. The third kappa shape index (κ3) is 5.50. The summed E-state index contributed by atoms with van der Waals surface area (Å²) in [5.41, 5.74) is -0.615. The molecule has 0 atom stereocenters. The number of hydrogen-bond donors (Lipinski definition) is 0. The highest BCUT2D eigenvalue weighted by Gasteiger charge is 2.27. The molecule has 0 aliphatic heterocycles. The van der Waals surface area contributed by atoms with Crippen molar-refractivity contribution in [2.24, 2.45) is 11.8 Å². The number of benzene rings is 3. The fourth-order valence-corrected chi connectivity index (χ4v) is 5.76. The standard InChI is InChI=1S/C32H33F5O3/c1-3-5-6-7-18-8-10-19(11-9-18)17-39-26-16-25-28(32(37)30(26)35)27-24(40-25)15-21(29(34)31(27)36)20-12-13-23(38-4-2)22(33)14-20/h12-16,18-19H,3-11,17H2,1-2H3. The molecule has 0 radical (unpaired) electrons. The first-order valence-electron chi connectivity index (χ1n) is 14.1. The first-order valence-corrected chi connectivity index (χ1v) is 14.1. The van der Waals surface area contributed by atoms with Gasteiger partial charge in [0.2, 0.25) is 5.82 Å². The Morgan fingerprint density at radius 1 is 0.725 bits per heavy atom. The Balaban J connectivity index is 1.40. The van der Waals surface area contributed by atoms with E-state index >= 15 is 17.6 Å². The molecule has 4 aromatic rings. The van der Waals surface area contributed by atoms with E-state index in [0.717, 1.165) is 37.8 Å². The molecule has 0 saturated heterocycles. The minimum absolute atomic E-state index is 0.0259. The highest BCUT2D eigenvalue weighted by Crippen LogP contribution is 2.41. The number of ether oxygens (including phenoxy) is 2. The van der Waals surface area contributed by atoms with Crippen molar-refractivity contribution in [2.45, 2.75) is 65.2 Å². The lowest BCUT2D eigenvalue weighted by molar-refractivity contribution is 0.172. The van der Waals surface area contributed by atoms with Crippen LogP contribution in [0.4, 0.5) is 22.0 Å². The van der Waals surface area contributed by atoms with Crippen molar-refractivity contribution in [3.63, 3.8) is 0 Å². The molecule has 0 spiro atoms. The summed E-state index contributed by atoms with van der Waals surface area (Å²) in [6.07, 6.45) is 9.05. The van der Waals surface area contributed by atoms with Crippen LogP contribution in [0, 0.1) is 40.9 Å². The monoisotopic (exact) mass is 560 g/mol. The third-order valence-electron chi connectivity index (χ3n) is 7.98. The predicted octanol–water partition coefficient (Wildman–Crippen LogP) is 10.1. The summed E-state index contributed by atoms with van der Waals surface area (Å²) in [6.45, 7) is 4.35. The summed E-state index contributed by atoms with van der Waals surface area (Å²) in [4.78, 5) is 0. The molecule has 3 nitrogen and oxygen atoms in total. The van der Waals surface area contributed by atoms with Gasteiger partial charge in [-0.1, -0.05) is 51.5 Å². The van der Waals surface area contributed by atoms with Crippen molar-refractivity contribution in [2.75, 3.05) is 13.2 Å². The van der Waals surface area contributed by atoms with Crippen molar-refractivity contribution < 1.29 is 35.8 Å². The fraction of sp³-hybridized carbons (Fsp3) is 0.438. The maximum atomic E-state index is 15.3. The third-order valence-corrected chi connectivity index (χ3v) is 7.98. The molecule has 1 aliphatic carbocycles. The van der Waals surface area contributed by atoms with E-state index in [0.29, 0.717) is 5.92 Å². The highest BCUT2D eigenvalue weighted by molar-refractivity contribution is 6.07. The Bertz CT molecular complexity index is 1500. The van der Waals surface area contributed by atoms with E-state index < -0.39 is 39.9 Å². The van der Waals surface area contributed by atoms with E-state index in [4.69, 9.17) is 13.9 Å². The molecule has 1 aromatic heterocycles. The Morgan fingerprint density at radius 3 is 2.08 bits per heavy atom. The maximum Gasteiger partial charge on any atom is 0.201 e. The average molecular weight is 561 g/mol. The molecule has 1 heterocycles. The van der Waals surface area contributed by atoms with E-state index in [9.17, 15) is 4.39 Å². The normalized spacial score (nSPS) is 17.6. The van der Waals surface area contributed by atoms with Crippen molar-refractivity contribution in [1.82, 2.24) is 0 Å². The van der Waals surface area contributed by atoms with Gasteiger partial charge in [-0.25, -0.2) is 17.6 Å². The maximum absolute atomic E-state index is 15.3. The van der Waals surface area contributed by atoms with Crippen LogP contribution in [0.3, 0.4) is 0 Å². The van der Waals surface area contributed by atoms with Gasteiger partial charge < -0.3 is 13.9 Å². The number of furan rings is 1. The number of fused-ring (bicyclic) bond motifs is 3.